The van der Waals surface area contributed by atoms with Gasteiger partial charge in [-0.2, -0.15) is 0 Å². The molecular weight excluding hydrogens is 420 g/mol. The Kier molecular flexibility index (Phi) is 5.36. The monoisotopic (exact) mass is 470 g/mol. The lowest BCUT2D eigenvalue weighted by Crippen LogP contribution is -2.68. The Balaban J connectivity index is 1.53. The number of fused-ring (bicyclic) bond motifs is 7. The molecule has 5 aliphatic rings. The van der Waals surface area contributed by atoms with Crippen LogP contribution in [0.15, 0.2) is 0 Å². The molecule has 0 N–H and O–H groups in total. The van der Waals surface area contributed by atoms with Gasteiger partial charge in [-0.25, -0.2) is 0 Å². The van der Waals surface area contributed by atoms with Gasteiger partial charge in [0.1, 0.15) is 5.78 Å². The molecule has 0 amide bonds. The second-order valence-electron chi connectivity index (χ2n) is 15.2. The van der Waals surface area contributed by atoms with E-state index in [1.807, 2.05) is 0 Å². The molecule has 0 spiro atoms. The van der Waals surface area contributed by atoms with Crippen molar-refractivity contribution < 1.29 is 14.3 Å². The van der Waals surface area contributed by atoms with Crippen LogP contribution >= 0.6 is 0 Å². The van der Waals surface area contributed by atoms with E-state index in [0.717, 1.165) is 32.1 Å². The van der Waals surface area contributed by atoms with E-state index in [1.54, 1.807) is 7.11 Å². The number of carbonyl (C=O) groups is 2. The molecule has 0 heterocycles. The van der Waals surface area contributed by atoms with Crippen LogP contribution in [0, 0.1) is 56.2 Å². The van der Waals surface area contributed by atoms with Gasteiger partial charge in [-0.15, -0.1) is 0 Å². The highest BCUT2D eigenvalue weighted by atomic mass is 16.5. The molecule has 10 atom stereocenters. The van der Waals surface area contributed by atoms with E-state index in [4.69, 9.17) is 4.74 Å². The van der Waals surface area contributed by atoms with Gasteiger partial charge in [0.05, 0.1) is 12.5 Å². The lowest BCUT2D eigenvalue weighted by atomic mass is 9.30. The van der Waals surface area contributed by atoms with Gasteiger partial charge in [-0.05, 0) is 116 Å². The highest BCUT2D eigenvalue weighted by Crippen LogP contribution is 2.78. The maximum Gasteiger partial charge on any atom is 0.311 e. The zero-order valence-electron chi connectivity index (χ0n) is 23.3. The normalized spacial score (nSPS) is 57.0. The maximum atomic E-state index is 12.9. The van der Waals surface area contributed by atoms with E-state index in [2.05, 4.69) is 48.5 Å². The molecule has 3 heteroatoms. The Morgan fingerprint density at radius 2 is 1.38 bits per heavy atom. The van der Waals surface area contributed by atoms with Crippen molar-refractivity contribution in [2.45, 2.75) is 119 Å². The molecule has 34 heavy (non-hydrogen) atoms. The number of ketones is 1. The number of methoxy groups -OCH3 is 1. The van der Waals surface area contributed by atoms with Crippen LogP contribution in [0.25, 0.3) is 0 Å². The Labute approximate surface area is 208 Å². The molecule has 0 aromatic rings. The van der Waals surface area contributed by atoms with Gasteiger partial charge in [0.2, 0.25) is 0 Å². The highest BCUT2D eigenvalue weighted by molar-refractivity contribution is 5.82. The Morgan fingerprint density at radius 1 is 0.765 bits per heavy atom. The molecule has 5 aliphatic carbocycles. The molecule has 5 fully saturated rings. The summed E-state index contributed by atoms with van der Waals surface area (Å²) in [5, 5.41) is 0. The van der Waals surface area contributed by atoms with Crippen LogP contribution in [-0.2, 0) is 14.3 Å². The number of ether oxygens (including phenoxy) is 1. The van der Waals surface area contributed by atoms with E-state index in [-0.39, 0.29) is 28.1 Å². The summed E-state index contributed by atoms with van der Waals surface area (Å²) in [5.74, 6) is 2.66. The summed E-state index contributed by atoms with van der Waals surface area (Å²) in [5.41, 5.74) is 1.04. The SMILES string of the molecule is COC(=O)[C@@]1(C)CC[C@]2(C)CC[C@]3(C)[C@H]4CC[C@@]5(C)[C@@H](CCC(=O)[C@@H]5C)[C@]4(C)CC[C@@]3(C)[C@@H]2C1. The predicted octanol–water partition coefficient (Wildman–Crippen LogP) is 7.61. The number of hydrogen-bond acceptors (Lipinski definition) is 3. The quantitative estimate of drug-likeness (QED) is 0.370. The van der Waals surface area contributed by atoms with Crippen molar-refractivity contribution in [2.75, 3.05) is 7.11 Å². The van der Waals surface area contributed by atoms with E-state index in [9.17, 15) is 9.59 Å². The van der Waals surface area contributed by atoms with E-state index in [0.29, 0.717) is 39.8 Å². The average Bonchev–Trinajstić information content (AvgIpc) is 2.79. The first-order valence-electron chi connectivity index (χ1n) is 14.3. The first-order chi connectivity index (χ1) is 15.7. The van der Waals surface area contributed by atoms with Gasteiger partial charge in [0.15, 0.2) is 0 Å². The minimum Gasteiger partial charge on any atom is -0.469 e. The standard InChI is InChI=1S/C31H50O3/c1-20-21(32)9-10-22-28(20,4)12-11-23-29(22,5)16-18-31(7)24-19-27(3,25(33)34-8)14-13-26(24,2)15-17-30(23,31)6/h20,22-24H,9-19H2,1-8H3/t20-,22+,23-,24+,26+,27-,28+,29-,30+,31-/m0/s1. The Bertz CT molecular complexity index is 895. The minimum atomic E-state index is -0.342. The van der Waals surface area contributed by atoms with Crippen LogP contribution in [0.3, 0.4) is 0 Å². The zero-order chi connectivity index (χ0) is 24.9. The summed E-state index contributed by atoms with van der Waals surface area (Å²) >= 11 is 0. The van der Waals surface area contributed by atoms with Gasteiger partial charge < -0.3 is 4.74 Å². The van der Waals surface area contributed by atoms with Crippen LogP contribution in [0.5, 0.6) is 0 Å². The second-order valence-corrected chi connectivity index (χ2v) is 15.2. The Morgan fingerprint density at radius 3 is 2.06 bits per heavy atom. The fourth-order valence-corrected chi connectivity index (χ4v) is 11.4. The van der Waals surface area contributed by atoms with Crippen LogP contribution in [0.2, 0.25) is 0 Å². The third kappa shape index (κ3) is 2.88. The molecule has 0 saturated heterocycles. The van der Waals surface area contributed by atoms with Crippen molar-refractivity contribution >= 4 is 11.8 Å². The Hall–Kier alpha value is -0.860. The molecule has 192 valence electrons. The summed E-state index contributed by atoms with van der Waals surface area (Å²) in [6.45, 7) is 17.3. The summed E-state index contributed by atoms with van der Waals surface area (Å²) in [6, 6.07) is 0. The molecule has 5 saturated carbocycles. The molecule has 0 bridgehead atoms. The molecule has 0 aromatic heterocycles. The second kappa shape index (κ2) is 7.34. The van der Waals surface area contributed by atoms with E-state index >= 15 is 0 Å². The first kappa shape index (κ1) is 24.8. The average molecular weight is 471 g/mol. The summed E-state index contributed by atoms with van der Waals surface area (Å²) < 4.78 is 5.32. The number of Topliss-reactive ketones (excluding diaryl/α,β-unsaturated/α-hetero) is 1. The van der Waals surface area contributed by atoms with Gasteiger partial charge >= 0.3 is 5.97 Å². The molecular formula is C31H50O3. The number of carbonyl (C=O) groups excluding carboxylic acids is 2. The third-order valence-electron chi connectivity index (χ3n) is 14.2. The fraction of sp³-hybridized carbons (Fsp3) is 0.935. The number of rotatable bonds is 1. The van der Waals surface area contributed by atoms with Crippen molar-refractivity contribution in [3.63, 3.8) is 0 Å². The highest BCUT2D eigenvalue weighted by Gasteiger charge is 2.71. The van der Waals surface area contributed by atoms with Crippen LogP contribution in [0.1, 0.15) is 119 Å². The lowest BCUT2D eigenvalue weighted by Gasteiger charge is -2.74. The van der Waals surface area contributed by atoms with E-state index < -0.39 is 0 Å². The van der Waals surface area contributed by atoms with Gasteiger partial charge in [0.25, 0.3) is 0 Å². The summed E-state index contributed by atoms with van der Waals surface area (Å²) in [6.07, 6.45) is 12.6. The molecule has 0 aliphatic heterocycles. The summed E-state index contributed by atoms with van der Waals surface area (Å²) in [4.78, 5) is 25.6. The molecule has 0 aromatic carbocycles. The van der Waals surface area contributed by atoms with Crippen molar-refractivity contribution in [3.05, 3.63) is 0 Å². The predicted molar refractivity (Wildman–Crippen MR) is 136 cm³/mol. The molecule has 0 unspecified atom stereocenters. The fourth-order valence-electron chi connectivity index (χ4n) is 11.4. The van der Waals surface area contributed by atoms with Gasteiger partial charge in [-0.3, -0.25) is 9.59 Å². The number of esters is 1. The number of hydrogen-bond donors (Lipinski definition) is 0. The zero-order valence-corrected chi connectivity index (χ0v) is 23.3. The maximum absolute atomic E-state index is 12.9. The van der Waals surface area contributed by atoms with Crippen LogP contribution < -0.4 is 0 Å². The van der Waals surface area contributed by atoms with Gasteiger partial charge in [0, 0.05) is 12.3 Å². The van der Waals surface area contributed by atoms with Crippen molar-refractivity contribution in [1.29, 1.82) is 0 Å². The lowest BCUT2D eigenvalue weighted by molar-refractivity contribution is -0.257. The molecule has 0 radical (unpaired) electrons. The van der Waals surface area contributed by atoms with Crippen molar-refractivity contribution in [3.8, 4) is 0 Å². The van der Waals surface area contributed by atoms with Gasteiger partial charge in [-0.1, -0.05) is 41.5 Å². The largest absolute Gasteiger partial charge is 0.469 e. The molecule has 5 rings (SSSR count). The van der Waals surface area contributed by atoms with Crippen LogP contribution in [0.4, 0.5) is 0 Å². The smallest absolute Gasteiger partial charge is 0.311 e. The van der Waals surface area contributed by atoms with Crippen molar-refractivity contribution in [1.82, 2.24) is 0 Å². The van der Waals surface area contributed by atoms with Crippen molar-refractivity contribution in [2.24, 2.45) is 56.2 Å². The van der Waals surface area contributed by atoms with Crippen LogP contribution in [-0.4, -0.2) is 18.9 Å². The molecule has 3 nitrogen and oxygen atoms in total. The topological polar surface area (TPSA) is 43.4 Å². The van der Waals surface area contributed by atoms with E-state index in [1.165, 1.54) is 38.5 Å². The first-order valence-corrected chi connectivity index (χ1v) is 14.3. The third-order valence-corrected chi connectivity index (χ3v) is 14.2. The summed E-state index contributed by atoms with van der Waals surface area (Å²) in [7, 11) is 1.56. The minimum absolute atomic E-state index is 0.000340.